The molecule has 0 unspecified atom stereocenters. The van der Waals surface area contributed by atoms with Gasteiger partial charge in [0.15, 0.2) is 12.0 Å². The first kappa shape index (κ1) is 6.48. The molecular formula is C6H5NO3S. The summed E-state index contributed by atoms with van der Waals surface area (Å²) in [7, 11) is 0. The Labute approximate surface area is 66.5 Å². The fourth-order valence-electron chi connectivity index (χ4n) is 0.933. The maximum absolute atomic E-state index is 10.4. The molecule has 0 atom stereocenters. The standard InChI is InChI=1S/C6H5NO3S/c7-6-5-4(9-2-10-5)3(1-8)11-6/h1H,2,7H2. The normalized spacial score (nSPS) is 13.5. The topological polar surface area (TPSA) is 61.6 Å². The van der Waals surface area contributed by atoms with E-state index in [0.29, 0.717) is 27.7 Å². The van der Waals surface area contributed by atoms with Crippen LogP contribution in [0.5, 0.6) is 11.5 Å². The Balaban J connectivity index is 2.60. The molecule has 2 heterocycles. The smallest absolute Gasteiger partial charge is 0.231 e. The highest BCUT2D eigenvalue weighted by Gasteiger charge is 2.23. The molecule has 0 saturated heterocycles. The van der Waals surface area contributed by atoms with Gasteiger partial charge in [0.25, 0.3) is 0 Å². The van der Waals surface area contributed by atoms with E-state index < -0.39 is 0 Å². The first-order valence-electron chi connectivity index (χ1n) is 2.96. The summed E-state index contributed by atoms with van der Waals surface area (Å²) in [6.07, 6.45) is 0.717. The maximum atomic E-state index is 10.4. The zero-order valence-corrected chi connectivity index (χ0v) is 6.31. The highest BCUT2D eigenvalue weighted by Crippen LogP contribution is 2.46. The summed E-state index contributed by atoms with van der Waals surface area (Å²) in [6.45, 7) is 0.156. The SMILES string of the molecule is Nc1sc(C=O)c2c1OCO2. The fourth-order valence-corrected chi connectivity index (χ4v) is 1.71. The van der Waals surface area contributed by atoms with Crippen molar-refractivity contribution in [2.45, 2.75) is 0 Å². The van der Waals surface area contributed by atoms with Crippen LogP contribution < -0.4 is 15.2 Å². The summed E-state index contributed by atoms with van der Waals surface area (Å²) in [5.74, 6) is 1.000. The lowest BCUT2D eigenvalue weighted by Crippen LogP contribution is -1.96. The van der Waals surface area contributed by atoms with E-state index in [0.717, 1.165) is 0 Å². The quantitative estimate of drug-likeness (QED) is 0.637. The van der Waals surface area contributed by atoms with E-state index in [2.05, 4.69) is 0 Å². The lowest BCUT2D eigenvalue weighted by Gasteiger charge is -1.91. The first-order valence-corrected chi connectivity index (χ1v) is 3.77. The third kappa shape index (κ3) is 0.775. The average molecular weight is 171 g/mol. The second-order valence-corrected chi connectivity index (χ2v) is 3.10. The minimum atomic E-state index is 0.156. The minimum absolute atomic E-state index is 0.156. The van der Waals surface area contributed by atoms with Gasteiger partial charge in [-0.2, -0.15) is 0 Å². The van der Waals surface area contributed by atoms with Crippen molar-refractivity contribution < 1.29 is 14.3 Å². The number of hydrogen-bond donors (Lipinski definition) is 1. The van der Waals surface area contributed by atoms with Crippen LogP contribution >= 0.6 is 11.3 Å². The molecule has 0 radical (unpaired) electrons. The molecule has 0 aromatic carbocycles. The molecular weight excluding hydrogens is 166 g/mol. The van der Waals surface area contributed by atoms with Gasteiger partial charge in [-0.3, -0.25) is 4.79 Å². The van der Waals surface area contributed by atoms with Crippen molar-refractivity contribution in [2.75, 3.05) is 12.5 Å². The maximum Gasteiger partial charge on any atom is 0.231 e. The van der Waals surface area contributed by atoms with Crippen LogP contribution in [0.2, 0.25) is 0 Å². The van der Waals surface area contributed by atoms with Crippen molar-refractivity contribution in [1.82, 2.24) is 0 Å². The molecule has 1 aromatic heterocycles. The minimum Gasteiger partial charge on any atom is -0.452 e. The van der Waals surface area contributed by atoms with Crippen LogP contribution in [0, 0.1) is 0 Å². The van der Waals surface area contributed by atoms with Gasteiger partial charge in [0.1, 0.15) is 9.88 Å². The number of rotatable bonds is 1. The zero-order valence-electron chi connectivity index (χ0n) is 5.49. The number of carbonyl (C=O) groups excluding carboxylic acids is 1. The van der Waals surface area contributed by atoms with Crippen LogP contribution in [0.25, 0.3) is 0 Å². The number of thiophene rings is 1. The third-order valence-electron chi connectivity index (χ3n) is 1.39. The van der Waals surface area contributed by atoms with Gasteiger partial charge in [-0.25, -0.2) is 0 Å². The van der Waals surface area contributed by atoms with Crippen LogP contribution in [0.15, 0.2) is 0 Å². The van der Waals surface area contributed by atoms with Gasteiger partial charge >= 0.3 is 0 Å². The predicted octanol–water partition coefficient (Wildman–Crippen LogP) is 0.872. The summed E-state index contributed by atoms with van der Waals surface area (Å²) < 4.78 is 10.0. The average Bonchev–Trinajstić information content (AvgIpc) is 2.54. The number of ether oxygens (including phenoxy) is 2. The Morgan fingerprint density at radius 3 is 2.91 bits per heavy atom. The van der Waals surface area contributed by atoms with E-state index in [1.807, 2.05) is 0 Å². The fraction of sp³-hybridized carbons (Fsp3) is 0.167. The Hall–Kier alpha value is -1.23. The third-order valence-corrected chi connectivity index (χ3v) is 2.29. The van der Waals surface area contributed by atoms with Crippen LogP contribution in [0.3, 0.4) is 0 Å². The van der Waals surface area contributed by atoms with Crippen LogP contribution in [0.4, 0.5) is 5.00 Å². The number of nitrogens with two attached hydrogens (primary N) is 1. The summed E-state index contributed by atoms with van der Waals surface area (Å²) in [4.78, 5) is 10.9. The molecule has 0 spiro atoms. The molecule has 1 aliphatic heterocycles. The highest BCUT2D eigenvalue weighted by molar-refractivity contribution is 7.18. The second kappa shape index (κ2) is 2.13. The van der Waals surface area contributed by atoms with E-state index in [9.17, 15) is 4.79 Å². The van der Waals surface area contributed by atoms with E-state index >= 15 is 0 Å². The number of carbonyl (C=O) groups is 1. The number of nitrogen functional groups attached to an aromatic ring is 1. The van der Waals surface area contributed by atoms with Gasteiger partial charge in [0.2, 0.25) is 12.5 Å². The summed E-state index contributed by atoms with van der Waals surface area (Å²) in [5.41, 5.74) is 5.52. The molecule has 11 heavy (non-hydrogen) atoms. The summed E-state index contributed by atoms with van der Waals surface area (Å²) in [6, 6.07) is 0. The molecule has 2 N–H and O–H groups in total. The van der Waals surface area contributed by atoms with E-state index in [-0.39, 0.29) is 6.79 Å². The van der Waals surface area contributed by atoms with Crippen LogP contribution in [-0.2, 0) is 0 Å². The summed E-state index contributed by atoms with van der Waals surface area (Å²) in [5, 5.41) is 0.500. The number of hydrogen-bond acceptors (Lipinski definition) is 5. The van der Waals surface area contributed by atoms with Crippen molar-refractivity contribution in [3.05, 3.63) is 4.88 Å². The van der Waals surface area contributed by atoms with Gasteiger partial charge < -0.3 is 15.2 Å². The molecule has 1 aliphatic rings. The molecule has 5 heteroatoms. The van der Waals surface area contributed by atoms with Gasteiger partial charge in [-0.1, -0.05) is 0 Å². The summed E-state index contributed by atoms with van der Waals surface area (Å²) >= 11 is 1.18. The predicted molar refractivity (Wildman–Crippen MR) is 40.2 cm³/mol. The Morgan fingerprint density at radius 2 is 2.18 bits per heavy atom. The zero-order chi connectivity index (χ0) is 7.84. The lowest BCUT2D eigenvalue weighted by molar-refractivity contribution is 0.112. The van der Waals surface area contributed by atoms with E-state index in [4.69, 9.17) is 15.2 Å². The molecule has 2 rings (SSSR count). The van der Waals surface area contributed by atoms with Crippen molar-refractivity contribution >= 4 is 22.6 Å². The number of fused-ring (bicyclic) bond motifs is 1. The molecule has 0 aliphatic carbocycles. The Kier molecular flexibility index (Phi) is 1.25. The molecule has 4 nitrogen and oxygen atoms in total. The molecule has 0 amide bonds. The molecule has 0 bridgehead atoms. The van der Waals surface area contributed by atoms with Gasteiger partial charge in [-0.05, 0) is 0 Å². The number of anilines is 1. The molecule has 0 fully saturated rings. The van der Waals surface area contributed by atoms with Crippen molar-refractivity contribution in [1.29, 1.82) is 0 Å². The van der Waals surface area contributed by atoms with Crippen LogP contribution in [-0.4, -0.2) is 13.1 Å². The van der Waals surface area contributed by atoms with Gasteiger partial charge in [0.05, 0.1) is 0 Å². The lowest BCUT2D eigenvalue weighted by atomic mass is 10.4. The van der Waals surface area contributed by atoms with Crippen molar-refractivity contribution in [3.63, 3.8) is 0 Å². The van der Waals surface area contributed by atoms with Gasteiger partial charge in [0, 0.05) is 0 Å². The molecule has 1 aromatic rings. The highest BCUT2D eigenvalue weighted by atomic mass is 32.1. The molecule has 0 saturated carbocycles. The first-order chi connectivity index (χ1) is 5.33. The van der Waals surface area contributed by atoms with E-state index in [1.54, 1.807) is 0 Å². The van der Waals surface area contributed by atoms with Gasteiger partial charge in [-0.15, -0.1) is 11.3 Å². The monoisotopic (exact) mass is 171 g/mol. The Bertz CT molecular complexity index is 307. The largest absolute Gasteiger partial charge is 0.452 e. The molecule has 58 valence electrons. The van der Waals surface area contributed by atoms with E-state index in [1.165, 1.54) is 11.3 Å². The van der Waals surface area contributed by atoms with Crippen molar-refractivity contribution in [2.24, 2.45) is 0 Å². The second-order valence-electron chi connectivity index (χ2n) is 2.01. The Morgan fingerprint density at radius 1 is 1.45 bits per heavy atom. The van der Waals surface area contributed by atoms with Crippen molar-refractivity contribution in [3.8, 4) is 11.5 Å². The van der Waals surface area contributed by atoms with Crippen LogP contribution in [0.1, 0.15) is 9.67 Å². The number of aldehydes is 1.